The zero-order chi connectivity index (χ0) is 16.7. The molecule has 1 aliphatic carbocycles. The SMILES string of the molecule is CC([O-])=c1ccc(=C2C=CC(CN(C)C)=C2)cc1.[Fe+2].c1cc[cH-]c1. The van der Waals surface area contributed by atoms with Crippen molar-refractivity contribution >= 4 is 11.3 Å². The van der Waals surface area contributed by atoms with Gasteiger partial charge < -0.3 is 10.0 Å². The van der Waals surface area contributed by atoms with Crippen molar-refractivity contribution in [2.24, 2.45) is 0 Å². The van der Waals surface area contributed by atoms with Gasteiger partial charge in [-0.05, 0) is 41.8 Å². The van der Waals surface area contributed by atoms with E-state index in [1.54, 1.807) is 6.92 Å². The first-order chi connectivity index (χ1) is 11.1. The molecular weight excluding hydrogens is 338 g/mol. The number of hydrogen-bond donors (Lipinski definition) is 0. The Labute approximate surface area is 155 Å². The van der Waals surface area contributed by atoms with E-state index in [-0.39, 0.29) is 22.8 Å². The number of benzene rings is 1. The summed E-state index contributed by atoms with van der Waals surface area (Å²) in [5.74, 6) is 0.109. The van der Waals surface area contributed by atoms with Crippen molar-refractivity contribution in [2.45, 2.75) is 6.92 Å². The van der Waals surface area contributed by atoms with Crippen LogP contribution in [0.4, 0.5) is 0 Å². The van der Waals surface area contributed by atoms with Crippen LogP contribution >= 0.6 is 0 Å². The van der Waals surface area contributed by atoms with Crippen LogP contribution in [0.5, 0.6) is 0 Å². The molecule has 0 aromatic heterocycles. The summed E-state index contributed by atoms with van der Waals surface area (Å²) < 4.78 is 0. The second kappa shape index (κ2) is 10.0. The molecule has 0 amide bonds. The molecule has 0 fully saturated rings. The summed E-state index contributed by atoms with van der Waals surface area (Å²) in [5, 5.41) is 13.1. The zero-order valence-electron chi connectivity index (χ0n) is 14.3. The van der Waals surface area contributed by atoms with Crippen LogP contribution < -0.4 is 15.5 Å². The van der Waals surface area contributed by atoms with Crippen molar-refractivity contribution in [1.29, 1.82) is 0 Å². The van der Waals surface area contributed by atoms with Gasteiger partial charge >= 0.3 is 17.1 Å². The van der Waals surface area contributed by atoms with E-state index in [9.17, 15) is 5.11 Å². The maximum atomic E-state index is 11.2. The van der Waals surface area contributed by atoms with E-state index in [1.807, 2.05) is 54.6 Å². The molecule has 126 valence electrons. The van der Waals surface area contributed by atoms with Gasteiger partial charge in [0.05, 0.1) is 0 Å². The Morgan fingerprint density at radius 2 is 1.67 bits per heavy atom. The van der Waals surface area contributed by atoms with Crippen LogP contribution in [-0.2, 0) is 17.1 Å². The third-order valence-electron chi connectivity index (χ3n) is 3.50. The number of rotatable bonds is 2. The quantitative estimate of drug-likeness (QED) is 0.602. The van der Waals surface area contributed by atoms with Crippen molar-refractivity contribution < 1.29 is 22.2 Å². The molecule has 2 nitrogen and oxygen atoms in total. The van der Waals surface area contributed by atoms with Gasteiger partial charge in [-0.25, -0.2) is 12.1 Å². The molecule has 2 aromatic rings. The van der Waals surface area contributed by atoms with E-state index in [0.717, 1.165) is 17.0 Å². The van der Waals surface area contributed by atoms with E-state index in [2.05, 4.69) is 37.2 Å². The maximum Gasteiger partial charge on any atom is 2.00 e. The Hall–Kier alpha value is -1.93. The first-order valence-electron chi connectivity index (χ1n) is 7.74. The normalized spacial score (nSPS) is 12.3. The molecule has 3 heteroatoms. The average Bonchev–Trinajstić information content (AvgIpc) is 3.21. The molecular formula is C21H23FeNO. The molecule has 0 saturated heterocycles. The van der Waals surface area contributed by atoms with Gasteiger partial charge in [0, 0.05) is 6.54 Å². The average molecular weight is 361 g/mol. The van der Waals surface area contributed by atoms with Gasteiger partial charge in [-0.15, -0.1) is 5.76 Å². The molecule has 0 heterocycles. The summed E-state index contributed by atoms with van der Waals surface area (Å²) in [4.78, 5) is 2.15. The van der Waals surface area contributed by atoms with Gasteiger partial charge in [0.15, 0.2) is 0 Å². The van der Waals surface area contributed by atoms with Gasteiger partial charge in [-0.2, -0.15) is 18.2 Å². The molecule has 24 heavy (non-hydrogen) atoms. The van der Waals surface area contributed by atoms with E-state index in [0.29, 0.717) is 0 Å². The summed E-state index contributed by atoms with van der Waals surface area (Å²) in [5.41, 5.74) is 2.52. The molecule has 2 aromatic carbocycles. The van der Waals surface area contributed by atoms with Crippen LogP contribution in [0.2, 0.25) is 0 Å². The van der Waals surface area contributed by atoms with Crippen LogP contribution in [-0.4, -0.2) is 25.5 Å². The van der Waals surface area contributed by atoms with Crippen LogP contribution in [0.1, 0.15) is 6.92 Å². The maximum absolute atomic E-state index is 11.2. The molecule has 0 unspecified atom stereocenters. The second-order valence-electron chi connectivity index (χ2n) is 5.84. The molecule has 3 rings (SSSR count). The van der Waals surface area contributed by atoms with Crippen LogP contribution in [0.25, 0.3) is 11.3 Å². The number of allylic oxidation sites excluding steroid dienone is 2. The minimum absolute atomic E-state index is 0. The topological polar surface area (TPSA) is 26.3 Å². The standard InChI is InChI=1S/C16H19NO.C5H5.Fe/c1-12(18)14-6-8-15(9-7-14)16-5-4-13(10-16)11-17(2)3;1-2-4-5-3-1;/h4-10,18H,11H2,1-3H3;1-5H;/q;-1;+2/p-1. The van der Waals surface area contributed by atoms with Gasteiger partial charge in [-0.1, -0.05) is 43.3 Å². The number of likely N-dealkylation sites (N-methyl/N-ethyl adjacent to an activating group) is 1. The molecule has 0 spiro atoms. The molecule has 0 saturated carbocycles. The van der Waals surface area contributed by atoms with Crippen molar-refractivity contribution in [3.8, 4) is 0 Å². The fourth-order valence-corrected chi connectivity index (χ4v) is 2.35. The Morgan fingerprint density at radius 1 is 1.04 bits per heavy atom. The minimum atomic E-state index is 0. The summed E-state index contributed by atoms with van der Waals surface area (Å²) >= 11 is 0. The molecule has 1 aliphatic rings. The smallest absolute Gasteiger partial charge is 0.875 e. The fourth-order valence-electron chi connectivity index (χ4n) is 2.35. The monoisotopic (exact) mass is 361 g/mol. The van der Waals surface area contributed by atoms with Crippen LogP contribution in [0.3, 0.4) is 0 Å². The summed E-state index contributed by atoms with van der Waals surface area (Å²) in [7, 11) is 4.13. The molecule has 0 bridgehead atoms. The second-order valence-corrected chi connectivity index (χ2v) is 5.84. The number of nitrogens with zero attached hydrogens (tertiary/aromatic N) is 1. The fraction of sp³-hybridized carbons (Fsp3) is 0.190. The van der Waals surface area contributed by atoms with Crippen LogP contribution in [0, 0.1) is 0 Å². The third kappa shape index (κ3) is 6.29. The largest absolute Gasteiger partial charge is 2.00 e. The van der Waals surface area contributed by atoms with Gasteiger partial charge in [0.1, 0.15) is 0 Å². The Balaban J connectivity index is 0.000000412. The third-order valence-corrected chi connectivity index (χ3v) is 3.50. The van der Waals surface area contributed by atoms with E-state index in [4.69, 9.17) is 0 Å². The predicted octanol–water partition coefficient (Wildman–Crippen LogP) is 1.79. The minimum Gasteiger partial charge on any atom is -0.875 e. The Bertz CT molecular complexity index is 754. The van der Waals surface area contributed by atoms with E-state index >= 15 is 0 Å². The van der Waals surface area contributed by atoms with Crippen molar-refractivity contribution in [3.63, 3.8) is 0 Å². The van der Waals surface area contributed by atoms with Crippen LogP contribution in [0.15, 0.2) is 78.4 Å². The van der Waals surface area contributed by atoms with Gasteiger partial charge in [0.2, 0.25) is 0 Å². The molecule has 0 atom stereocenters. The summed E-state index contributed by atoms with van der Waals surface area (Å²) in [6, 6.07) is 17.8. The van der Waals surface area contributed by atoms with Gasteiger partial charge in [0.25, 0.3) is 0 Å². The molecule has 0 N–H and O–H groups in total. The van der Waals surface area contributed by atoms with Gasteiger partial charge in [-0.3, -0.25) is 0 Å². The summed E-state index contributed by atoms with van der Waals surface area (Å²) in [6.07, 6.45) is 6.47. The Kier molecular flexibility index (Phi) is 8.42. The molecule has 0 aliphatic heterocycles. The number of hydrogen-bond acceptors (Lipinski definition) is 2. The van der Waals surface area contributed by atoms with E-state index in [1.165, 1.54) is 11.1 Å². The zero-order valence-corrected chi connectivity index (χ0v) is 15.4. The Morgan fingerprint density at radius 3 is 2.12 bits per heavy atom. The van der Waals surface area contributed by atoms with Crippen molar-refractivity contribution in [2.75, 3.05) is 20.6 Å². The molecule has 0 radical (unpaired) electrons. The van der Waals surface area contributed by atoms with E-state index < -0.39 is 0 Å². The predicted molar refractivity (Wildman–Crippen MR) is 96.0 cm³/mol. The van der Waals surface area contributed by atoms with Crippen molar-refractivity contribution in [1.82, 2.24) is 4.90 Å². The van der Waals surface area contributed by atoms with Crippen molar-refractivity contribution in [3.05, 3.63) is 88.8 Å². The summed E-state index contributed by atoms with van der Waals surface area (Å²) in [6.45, 7) is 2.54. The first kappa shape index (κ1) is 20.1. The first-order valence-corrected chi connectivity index (χ1v) is 7.74.